The molecule has 0 saturated heterocycles. The topological polar surface area (TPSA) is 131 Å². The number of nitriles is 1. The van der Waals surface area contributed by atoms with Crippen LogP contribution in [0.4, 0.5) is 11.6 Å². The Morgan fingerprint density at radius 1 is 1.14 bits per heavy atom. The fourth-order valence-electron chi connectivity index (χ4n) is 4.80. The van der Waals surface area contributed by atoms with Crippen LogP contribution in [0.15, 0.2) is 53.5 Å². The molecule has 2 heterocycles. The Labute approximate surface area is 255 Å². The summed E-state index contributed by atoms with van der Waals surface area (Å²) in [6.45, 7) is 6.27. The summed E-state index contributed by atoms with van der Waals surface area (Å²) >= 11 is 6.67. The van der Waals surface area contributed by atoms with Crippen LogP contribution in [-0.4, -0.2) is 41.7 Å². The molecule has 2 aromatic heterocycles. The van der Waals surface area contributed by atoms with Crippen LogP contribution < -0.4 is 25.7 Å². The molecule has 224 valence electrons. The maximum absolute atomic E-state index is 14.0. The lowest BCUT2D eigenvalue weighted by atomic mass is 9.85. The highest BCUT2D eigenvalue weighted by Gasteiger charge is 2.25. The zero-order valence-corrected chi connectivity index (χ0v) is 25.9. The first kappa shape index (κ1) is 31.3. The quantitative estimate of drug-likeness (QED) is 0.228. The van der Waals surface area contributed by atoms with Crippen LogP contribution in [0.3, 0.4) is 0 Å². The van der Waals surface area contributed by atoms with Gasteiger partial charge < -0.3 is 20.1 Å². The minimum Gasteiger partial charge on any atom is -0.497 e. The molecule has 0 radical (unpaired) electrons. The van der Waals surface area contributed by atoms with Gasteiger partial charge in [-0.3, -0.25) is 14.2 Å². The maximum Gasteiger partial charge on any atom is 0.260 e. The average molecular weight is 603 g/mol. The first-order valence-electron chi connectivity index (χ1n) is 13.8. The molecule has 1 amide bonds. The van der Waals surface area contributed by atoms with Crippen molar-refractivity contribution < 1.29 is 14.3 Å². The molecule has 2 N–H and O–H groups in total. The molecule has 1 unspecified atom stereocenters. The van der Waals surface area contributed by atoms with Gasteiger partial charge in [0.15, 0.2) is 0 Å². The van der Waals surface area contributed by atoms with Crippen LogP contribution in [-0.2, 0) is 17.8 Å². The zero-order chi connectivity index (χ0) is 31.3. The van der Waals surface area contributed by atoms with Gasteiger partial charge in [-0.1, -0.05) is 44.5 Å². The van der Waals surface area contributed by atoms with E-state index in [4.69, 9.17) is 21.1 Å². The second-order valence-electron chi connectivity index (χ2n) is 11.3. The van der Waals surface area contributed by atoms with Gasteiger partial charge in [-0.15, -0.1) is 0 Å². The van der Waals surface area contributed by atoms with Crippen molar-refractivity contribution in [2.75, 3.05) is 31.9 Å². The Balaban J connectivity index is 1.71. The summed E-state index contributed by atoms with van der Waals surface area (Å²) in [5, 5.41) is 16.3. The van der Waals surface area contributed by atoms with Crippen LogP contribution in [0.2, 0.25) is 5.02 Å². The number of pyridine rings is 1. The molecule has 0 aliphatic heterocycles. The number of benzene rings is 2. The Kier molecular flexibility index (Phi) is 9.56. The van der Waals surface area contributed by atoms with E-state index in [9.17, 15) is 14.9 Å². The highest BCUT2D eigenvalue weighted by atomic mass is 35.5. The largest absolute Gasteiger partial charge is 0.497 e. The number of aromatic nitrogens is 3. The first-order valence-corrected chi connectivity index (χ1v) is 14.2. The molecular weight excluding hydrogens is 568 g/mol. The number of hydrogen-bond donors (Lipinski definition) is 2. The number of ether oxygens (including phenoxy) is 2. The van der Waals surface area contributed by atoms with E-state index in [-0.39, 0.29) is 28.4 Å². The SMILES string of the molecule is CNc1ncc2cc(-c3cc(OC)cc(OC)c3Cl)c(=O)n(CCc3cccc(NC(=O)C(C#N)CC(C)(C)C)c3)c2n1. The van der Waals surface area contributed by atoms with Crippen LogP contribution in [0.5, 0.6) is 11.5 Å². The van der Waals surface area contributed by atoms with E-state index < -0.39 is 5.92 Å². The van der Waals surface area contributed by atoms with Crippen LogP contribution in [0.25, 0.3) is 22.2 Å². The predicted octanol–water partition coefficient (Wildman–Crippen LogP) is 5.93. The lowest BCUT2D eigenvalue weighted by Crippen LogP contribution is -2.26. The van der Waals surface area contributed by atoms with E-state index in [0.29, 0.717) is 58.1 Å². The van der Waals surface area contributed by atoms with Crippen molar-refractivity contribution in [3.8, 4) is 28.7 Å². The number of nitrogens with one attached hydrogen (secondary N) is 2. The third-order valence-electron chi connectivity index (χ3n) is 6.92. The highest BCUT2D eigenvalue weighted by molar-refractivity contribution is 6.35. The van der Waals surface area contributed by atoms with Crippen LogP contribution >= 0.6 is 11.6 Å². The minimum absolute atomic E-state index is 0.166. The number of aryl methyl sites for hydroxylation is 2. The monoisotopic (exact) mass is 602 g/mol. The average Bonchev–Trinajstić information content (AvgIpc) is 2.98. The molecule has 1 atom stereocenters. The van der Waals surface area contributed by atoms with Gasteiger partial charge in [-0.05, 0) is 48.1 Å². The number of anilines is 2. The molecule has 0 aliphatic carbocycles. The van der Waals surface area contributed by atoms with E-state index in [1.54, 1.807) is 42.1 Å². The van der Waals surface area contributed by atoms with E-state index >= 15 is 0 Å². The number of fused-ring (bicyclic) bond motifs is 1. The highest BCUT2D eigenvalue weighted by Crippen LogP contribution is 2.38. The van der Waals surface area contributed by atoms with Gasteiger partial charge in [-0.25, -0.2) is 4.98 Å². The summed E-state index contributed by atoms with van der Waals surface area (Å²) in [4.78, 5) is 35.8. The summed E-state index contributed by atoms with van der Waals surface area (Å²) in [5.41, 5.74) is 2.27. The lowest BCUT2D eigenvalue weighted by molar-refractivity contribution is -0.119. The van der Waals surface area contributed by atoms with Gasteiger partial charge in [0.2, 0.25) is 11.9 Å². The van der Waals surface area contributed by atoms with Crippen molar-refractivity contribution in [3.05, 3.63) is 69.6 Å². The first-order chi connectivity index (χ1) is 20.5. The Hall–Kier alpha value is -4.62. The van der Waals surface area contributed by atoms with Gasteiger partial charge in [0.05, 0.1) is 25.3 Å². The van der Waals surface area contributed by atoms with E-state index in [1.807, 2.05) is 39.0 Å². The number of halogens is 1. The van der Waals surface area contributed by atoms with Crippen molar-refractivity contribution in [3.63, 3.8) is 0 Å². The number of nitrogens with zero attached hydrogens (tertiary/aromatic N) is 4. The van der Waals surface area contributed by atoms with Gasteiger partial charge >= 0.3 is 0 Å². The second-order valence-corrected chi connectivity index (χ2v) is 11.7. The van der Waals surface area contributed by atoms with Crippen molar-refractivity contribution in [1.82, 2.24) is 14.5 Å². The smallest absolute Gasteiger partial charge is 0.260 e. The van der Waals surface area contributed by atoms with Crippen molar-refractivity contribution >= 4 is 40.2 Å². The number of amides is 1. The molecule has 10 nitrogen and oxygen atoms in total. The van der Waals surface area contributed by atoms with Crippen LogP contribution in [0.1, 0.15) is 32.8 Å². The number of rotatable bonds is 10. The Bertz CT molecular complexity index is 1760. The van der Waals surface area contributed by atoms with Crippen molar-refractivity contribution in [2.45, 2.75) is 40.2 Å². The van der Waals surface area contributed by atoms with Gasteiger partial charge in [-0.2, -0.15) is 10.2 Å². The van der Waals surface area contributed by atoms with E-state index in [1.165, 1.54) is 14.2 Å². The lowest BCUT2D eigenvalue weighted by Gasteiger charge is -2.21. The maximum atomic E-state index is 14.0. The zero-order valence-electron chi connectivity index (χ0n) is 25.1. The molecule has 43 heavy (non-hydrogen) atoms. The molecule has 0 fully saturated rings. The standard InChI is InChI=1S/C32H35ClN6O4/c1-32(2,3)16-21(17-34)29(40)37-22-9-7-8-19(12-22)10-11-39-28-20(18-36-31(35-4)38-28)13-25(30(39)41)24-14-23(42-5)15-26(43-6)27(24)33/h7-9,12-15,18,21H,10-11,16H2,1-6H3,(H,37,40)(H,35,36,38). The third-order valence-corrected chi connectivity index (χ3v) is 7.31. The summed E-state index contributed by atoms with van der Waals surface area (Å²) in [5.74, 6) is 0.139. The predicted molar refractivity (Wildman–Crippen MR) is 169 cm³/mol. The Morgan fingerprint density at radius 2 is 1.91 bits per heavy atom. The van der Waals surface area contributed by atoms with Crippen molar-refractivity contribution in [2.24, 2.45) is 11.3 Å². The molecule has 11 heteroatoms. The molecular formula is C32H35ClN6O4. The number of carbonyl (C=O) groups is 1. The van der Waals surface area contributed by atoms with Gasteiger partial charge in [0.25, 0.3) is 5.56 Å². The number of carbonyl (C=O) groups excluding carboxylic acids is 1. The second kappa shape index (κ2) is 13.1. The molecule has 4 aromatic rings. The summed E-state index contributed by atoms with van der Waals surface area (Å²) in [7, 11) is 4.73. The van der Waals surface area contributed by atoms with Gasteiger partial charge in [0, 0.05) is 48.1 Å². The van der Waals surface area contributed by atoms with Crippen molar-refractivity contribution in [1.29, 1.82) is 5.26 Å². The summed E-state index contributed by atoms with van der Waals surface area (Å²) in [6.07, 6.45) is 2.55. The van der Waals surface area contributed by atoms with E-state index in [0.717, 1.165) is 5.56 Å². The number of methoxy groups -OCH3 is 2. The minimum atomic E-state index is -0.764. The molecule has 0 spiro atoms. The normalized spacial score (nSPS) is 12.0. The third kappa shape index (κ3) is 7.24. The summed E-state index contributed by atoms with van der Waals surface area (Å²) < 4.78 is 12.4. The summed E-state index contributed by atoms with van der Waals surface area (Å²) in [6, 6.07) is 14.6. The van der Waals surface area contributed by atoms with Crippen LogP contribution in [0, 0.1) is 22.7 Å². The fraction of sp³-hybridized carbons (Fsp3) is 0.344. The molecule has 0 saturated carbocycles. The molecule has 0 aliphatic rings. The van der Waals surface area contributed by atoms with E-state index in [2.05, 4.69) is 26.7 Å². The number of hydrogen-bond acceptors (Lipinski definition) is 8. The molecule has 2 aromatic carbocycles. The Morgan fingerprint density at radius 3 is 2.56 bits per heavy atom. The fourth-order valence-corrected chi connectivity index (χ4v) is 5.09. The van der Waals surface area contributed by atoms with Gasteiger partial charge in [0.1, 0.15) is 23.1 Å². The molecule has 4 rings (SSSR count). The molecule has 0 bridgehead atoms.